The molecule has 0 saturated carbocycles. The number of methoxy groups -OCH3 is 2. The highest BCUT2D eigenvalue weighted by molar-refractivity contribution is 5.87. The van der Waals surface area contributed by atoms with Crippen molar-refractivity contribution in [1.82, 2.24) is 15.1 Å². The summed E-state index contributed by atoms with van der Waals surface area (Å²) in [5.41, 5.74) is 0. The fourth-order valence-electron chi connectivity index (χ4n) is 2.76. The van der Waals surface area contributed by atoms with Gasteiger partial charge in [0, 0.05) is 40.4 Å². The number of hydrogen-bond acceptors (Lipinski definition) is 4. The Labute approximate surface area is 145 Å². The summed E-state index contributed by atoms with van der Waals surface area (Å²) in [6.45, 7) is 7.47. The molecular weight excluding hydrogens is 310 g/mol. The van der Waals surface area contributed by atoms with Gasteiger partial charge in [0.1, 0.15) is 6.04 Å². The molecule has 0 radical (unpaired) electrons. The minimum atomic E-state index is -0.517. The van der Waals surface area contributed by atoms with E-state index in [0.717, 1.165) is 32.4 Å². The lowest BCUT2D eigenvalue weighted by atomic mass is 9.98. The van der Waals surface area contributed by atoms with Crippen LogP contribution in [0.25, 0.3) is 0 Å². The molecule has 24 heavy (non-hydrogen) atoms. The molecule has 0 bridgehead atoms. The van der Waals surface area contributed by atoms with E-state index in [9.17, 15) is 9.59 Å². The first-order valence-corrected chi connectivity index (χ1v) is 8.87. The summed E-state index contributed by atoms with van der Waals surface area (Å²) in [5.74, 6) is 0.00244. The van der Waals surface area contributed by atoms with Gasteiger partial charge in [0.25, 0.3) is 0 Å². The molecule has 0 aromatic heterocycles. The van der Waals surface area contributed by atoms with E-state index in [4.69, 9.17) is 9.47 Å². The molecule has 7 heteroatoms. The first-order chi connectivity index (χ1) is 11.5. The summed E-state index contributed by atoms with van der Waals surface area (Å²) in [7, 11) is 3.22. The van der Waals surface area contributed by atoms with Crippen LogP contribution in [0, 0.1) is 5.92 Å². The van der Waals surface area contributed by atoms with Crippen LogP contribution in [0.1, 0.15) is 33.1 Å². The number of carbonyl (C=O) groups is 2. The van der Waals surface area contributed by atoms with Crippen molar-refractivity contribution < 1.29 is 19.1 Å². The Hall–Kier alpha value is -1.34. The minimum absolute atomic E-state index is 0.0639. The molecule has 0 aliphatic carbocycles. The predicted molar refractivity (Wildman–Crippen MR) is 92.9 cm³/mol. The van der Waals surface area contributed by atoms with Gasteiger partial charge >= 0.3 is 6.03 Å². The molecular formula is C17H33N3O4. The third kappa shape index (κ3) is 6.28. The maximum absolute atomic E-state index is 13.0. The van der Waals surface area contributed by atoms with E-state index < -0.39 is 6.04 Å². The molecule has 140 valence electrons. The van der Waals surface area contributed by atoms with E-state index in [2.05, 4.69) is 5.32 Å². The Morgan fingerprint density at radius 1 is 1.12 bits per heavy atom. The van der Waals surface area contributed by atoms with Crippen molar-refractivity contribution in [2.24, 2.45) is 5.92 Å². The molecule has 1 saturated heterocycles. The van der Waals surface area contributed by atoms with Gasteiger partial charge in [-0.1, -0.05) is 20.3 Å². The van der Waals surface area contributed by atoms with E-state index in [1.165, 1.54) is 0 Å². The van der Waals surface area contributed by atoms with Gasteiger partial charge in [0.15, 0.2) is 0 Å². The lowest BCUT2D eigenvalue weighted by Crippen LogP contribution is -2.55. The third-order valence-electron chi connectivity index (χ3n) is 4.59. The first-order valence-electron chi connectivity index (χ1n) is 8.87. The number of ether oxygens (including phenoxy) is 2. The van der Waals surface area contributed by atoms with Gasteiger partial charge in [0.2, 0.25) is 5.91 Å². The van der Waals surface area contributed by atoms with Gasteiger partial charge in [-0.2, -0.15) is 0 Å². The van der Waals surface area contributed by atoms with Crippen LogP contribution in [0.3, 0.4) is 0 Å². The fraction of sp³-hybridized carbons (Fsp3) is 0.882. The summed E-state index contributed by atoms with van der Waals surface area (Å²) in [6, 6.07) is -0.651. The second-order valence-corrected chi connectivity index (χ2v) is 6.32. The maximum Gasteiger partial charge on any atom is 0.318 e. The predicted octanol–water partition coefficient (Wildman–Crippen LogP) is 1.33. The lowest BCUT2D eigenvalue weighted by Gasteiger charge is -2.31. The maximum atomic E-state index is 13.0. The highest BCUT2D eigenvalue weighted by atomic mass is 16.5. The number of rotatable bonds is 10. The topological polar surface area (TPSA) is 71.1 Å². The molecule has 3 amide bonds. The zero-order valence-corrected chi connectivity index (χ0v) is 15.5. The van der Waals surface area contributed by atoms with Crippen LogP contribution < -0.4 is 5.32 Å². The molecule has 1 rings (SSSR count). The van der Waals surface area contributed by atoms with E-state index in [1.54, 1.807) is 24.0 Å². The molecule has 1 aliphatic heterocycles. The summed E-state index contributed by atoms with van der Waals surface area (Å²) < 4.78 is 10.2. The Morgan fingerprint density at radius 2 is 1.67 bits per heavy atom. The molecule has 2 atom stereocenters. The quantitative estimate of drug-likeness (QED) is 0.650. The Bertz CT molecular complexity index is 378. The van der Waals surface area contributed by atoms with Gasteiger partial charge in [-0.15, -0.1) is 0 Å². The van der Waals surface area contributed by atoms with Gasteiger partial charge < -0.3 is 24.6 Å². The molecule has 1 N–H and O–H groups in total. The molecule has 1 aliphatic rings. The summed E-state index contributed by atoms with van der Waals surface area (Å²) in [6.07, 6.45) is 2.88. The van der Waals surface area contributed by atoms with Crippen LogP contribution in [0.5, 0.6) is 0 Å². The number of nitrogens with one attached hydrogen (secondary N) is 1. The molecule has 0 spiro atoms. The summed E-state index contributed by atoms with van der Waals surface area (Å²) in [5, 5.41) is 2.96. The number of hydrogen-bond donors (Lipinski definition) is 1. The molecule has 7 nitrogen and oxygen atoms in total. The molecule has 0 aromatic rings. The van der Waals surface area contributed by atoms with Crippen molar-refractivity contribution in [1.29, 1.82) is 0 Å². The van der Waals surface area contributed by atoms with Crippen molar-refractivity contribution in [3.8, 4) is 0 Å². The molecule has 1 heterocycles. The van der Waals surface area contributed by atoms with Crippen LogP contribution in [0.4, 0.5) is 4.79 Å². The van der Waals surface area contributed by atoms with E-state index >= 15 is 0 Å². The molecule has 1 fully saturated rings. The highest BCUT2D eigenvalue weighted by Gasteiger charge is 2.31. The van der Waals surface area contributed by atoms with Crippen LogP contribution in [0.15, 0.2) is 0 Å². The second kappa shape index (κ2) is 11.3. The monoisotopic (exact) mass is 343 g/mol. The molecule has 1 unspecified atom stereocenters. The van der Waals surface area contributed by atoms with Crippen molar-refractivity contribution in [2.75, 3.05) is 53.6 Å². The SMILES string of the molecule is CCC(C)[C@@H](NC(=O)N1CCCC1)C(=O)N(CCOC)CCOC. The summed E-state index contributed by atoms with van der Waals surface area (Å²) >= 11 is 0. The van der Waals surface area contributed by atoms with E-state index in [-0.39, 0.29) is 17.9 Å². The Morgan fingerprint density at radius 3 is 2.12 bits per heavy atom. The van der Waals surface area contributed by atoms with Crippen molar-refractivity contribution in [3.63, 3.8) is 0 Å². The normalized spacial score (nSPS) is 16.8. The van der Waals surface area contributed by atoms with E-state index in [1.807, 2.05) is 13.8 Å². The Kier molecular flexibility index (Phi) is 9.71. The molecule has 0 aromatic carbocycles. The second-order valence-electron chi connectivity index (χ2n) is 6.32. The first kappa shape index (κ1) is 20.7. The van der Waals surface area contributed by atoms with Crippen LogP contribution in [0.2, 0.25) is 0 Å². The van der Waals surface area contributed by atoms with Crippen LogP contribution in [-0.4, -0.2) is 81.4 Å². The van der Waals surface area contributed by atoms with Crippen molar-refractivity contribution in [3.05, 3.63) is 0 Å². The minimum Gasteiger partial charge on any atom is -0.383 e. The Balaban J connectivity index is 2.77. The average molecular weight is 343 g/mol. The van der Waals surface area contributed by atoms with Gasteiger partial charge in [-0.05, 0) is 18.8 Å². The van der Waals surface area contributed by atoms with Gasteiger partial charge in [-0.25, -0.2) is 4.79 Å². The van der Waals surface area contributed by atoms with Crippen molar-refractivity contribution >= 4 is 11.9 Å². The number of nitrogens with zero attached hydrogens (tertiary/aromatic N) is 2. The van der Waals surface area contributed by atoms with Gasteiger partial charge in [0.05, 0.1) is 13.2 Å². The van der Waals surface area contributed by atoms with Crippen molar-refractivity contribution in [2.45, 2.75) is 39.2 Å². The lowest BCUT2D eigenvalue weighted by molar-refractivity contribution is -0.135. The number of likely N-dealkylation sites (tertiary alicyclic amines) is 1. The zero-order chi connectivity index (χ0) is 17.9. The number of urea groups is 1. The van der Waals surface area contributed by atoms with Crippen LogP contribution in [-0.2, 0) is 14.3 Å². The smallest absolute Gasteiger partial charge is 0.318 e. The summed E-state index contributed by atoms with van der Waals surface area (Å²) in [4.78, 5) is 28.9. The largest absolute Gasteiger partial charge is 0.383 e. The van der Waals surface area contributed by atoms with Gasteiger partial charge in [-0.3, -0.25) is 4.79 Å². The van der Waals surface area contributed by atoms with E-state index in [0.29, 0.717) is 26.3 Å². The number of amides is 3. The fourth-order valence-corrected chi connectivity index (χ4v) is 2.76. The zero-order valence-electron chi connectivity index (χ0n) is 15.5. The van der Waals surface area contributed by atoms with Crippen LogP contribution >= 0.6 is 0 Å². The third-order valence-corrected chi connectivity index (χ3v) is 4.59. The standard InChI is InChI=1S/C17H33N3O4/c1-5-14(2)15(18-17(22)20-8-6-7-9-20)16(21)19(10-12-23-3)11-13-24-4/h14-15H,5-13H2,1-4H3,(H,18,22)/t14?,15-/m1/s1. The highest BCUT2D eigenvalue weighted by Crippen LogP contribution is 2.14. The number of carbonyl (C=O) groups excluding carboxylic acids is 2. The average Bonchev–Trinajstić information content (AvgIpc) is 3.13.